The predicted molar refractivity (Wildman–Crippen MR) is 53.4 cm³/mol. The number of aromatic amines is 2. The van der Waals surface area contributed by atoms with Crippen molar-refractivity contribution in [3.8, 4) is 0 Å². The van der Waals surface area contributed by atoms with Crippen molar-refractivity contribution in [2.45, 2.75) is 13.8 Å². The molecule has 2 aromatic rings. The van der Waals surface area contributed by atoms with E-state index in [1.54, 1.807) is 0 Å². The predicted octanol–water partition coefficient (Wildman–Crippen LogP) is -5.70. The minimum Gasteiger partial charge on any atom is -1.00 e. The standard InChI is InChI=1S/2C5H8N2.2HI/c2*1-5-6-3-4-7(5)2;;/h2*3-4H,1-2H3;2*1H. The number of halogens is 2. The maximum Gasteiger partial charge on any atom is 0.250 e. The fraction of sp³-hybridized carbons (Fsp3) is 0.400. The second-order valence-electron chi connectivity index (χ2n) is 3.31. The number of aromatic nitrogens is 4. The zero-order chi connectivity index (χ0) is 10.6. The Balaban J connectivity index is 0. The van der Waals surface area contributed by atoms with Crippen LogP contribution in [0.15, 0.2) is 24.8 Å². The number of rotatable bonds is 0. The Hall–Kier alpha value is -0.120. The van der Waals surface area contributed by atoms with Gasteiger partial charge in [-0.2, -0.15) is 0 Å². The maximum absolute atomic E-state index is 3.03. The molecule has 2 aromatic heterocycles. The Morgan fingerprint density at radius 3 is 1.19 bits per heavy atom. The molecular formula is C10H18I2N4. The molecule has 0 spiro atoms. The van der Waals surface area contributed by atoms with E-state index in [9.17, 15) is 0 Å². The summed E-state index contributed by atoms with van der Waals surface area (Å²) in [6, 6.07) is 0. The van der Waals surface area contributed by atoms with Gasteiger partial charge in [0.15, 0.2) is 0 Å². The van der Waals surface area contributed by atoms with Crippen molar-refractivity contribution in [3.05, 3.63) is 36.4 Å². The van der Waals surface area contributed by atoms with Crippen molar-refractivity contribution in [2.24, 2.45) is 14.1 Å². The molecule has 0 amide bonds. The van der Waals surface area contributed by atoms with Gasteiger partial charge in [-0.25, -0.2) is 19.1 Å². The summed E-state index contributed by atoms with van der Waals surface area (Å²) in [7, 11) is 4.01. The summed E-state index contributed by atoms with van der Waals surface area (Å²) in [4.78, 5) is 6.06. The zero-order valence-corrected chi connectivity index (χ0v) is 14.3. The molecule has 0 saturated carbocycles. The fourth-order valence-corrected chi connectivity index (χ4v) is 0.967. The lowest BCUT2D eigenvalue weighted by Gasteiger charge is -1.77. The van der Waals surface area contributed by atoms with Gasteiger partial charge in [0.1, 0.15) is 24.8 Å². The molecule has 0 atom stereocenters. The van der Waals surface area contributed by atoms with Gasteiger partial charge in [0.2, 0.25) is 0 Å². The molecule has 0 unspecified atom stereocenters. The summed E-state index contributed by atoms with van der Waals surface area (Å²) in [6.45, 7) is 4.06. The van der Waals surface area contributed by atoms with Gasteiger partial charge in [-0.1, -0.05) is 0 Å². The van der Waals surface area contributed by atoms with Crippen LogP contribution in [-0.2, 0) is 14.1 Å². The first-order chi connectivity index (χ1) is 6.61. The molecule has 4 nitrogen and oxygen atoms in total. The van der Waals surface area contributed by atoms with Gasteiger partial charge in [0.25, 0.3) is 11.6 Å². The highest BCUT2D eigenvalue weighted by Crippen LogP contribution is 1.75. The third kappa shape index (κ3) is 5.83. The van der Waals surface area contributed by atoms with E-state index in [1.807, 2.05) is 61.9 Å². The van der Waals surface area contributed by atoms with Crippen molar-refractivity contribution in [2.75, 3.05) is 0 Å². The number of imidazole rings is 2. The van der Waals surface area contributed by atoms with E-state index in [0.717, 1.165) is 0 Å². The molecule has 2 rings (SSSR count). The van der Waals surface area contributed by atoms with Crippen molar-refractivity contribution in [3.63, 3.8) is 0 Å². The monoisotopic (exact) mass is 448 g/mol. The molecule has 2 N–H and O–H groups in total. The van der Waals surface area contributed by atoms with Crippen molar-refractivity contribution in [1.82, 2.24) is 9.97 Å². The number of nitrogens with zero attached hydrogens (tertiary/aromatic N) is 2. The van der Waals surface area contributed by atoms with E-state index in [1.165, 1.54) is 11.6 Å². The van der Waals surface area contributed by atoms with Gasteiger partial charge < -0.3 is 48.0 Å². The summed E-state index contributed by atoms with van der Waals surface area (Å²) in [6.07, 6.45) is 7.79. The third-order valence-electron chi connectivity index (χ3n) is 2.24. The van der Waals surface area contributed by atoms with Crippen LogP contribution in [-0.4, -0.2) is 9.97 Å². The van der Waals surface area contributed by atoms with Crippen molar-refractivity contribution in [1.29, 1.82) is 0 Å². The van der Waals surface area contributed by atoms with Gasteiger partial charge in [-0.15, -0.1) is 0 Å². The van der Waals surface area contributed by atoms with Crippen LogP contribution in [0.5, 0.6) is 0 Å². The smallest absolute Gasteiger partial charge is 0.250 e. The normalized spacial score (nSPS) is 8.25. The highest BCUT2D eigenvalue weighted by molar-refractivity contribution is 4.70. The molecule has 0 bridgehead atoms. The van der Waals surface area contributed by atoms with Crippen LogP contribution in [0, 0.1) is 13.8 Å². The molecule has 0 fully saturated rings. The van der Waals surface area contributed by atoms with E-state index in [4.69, 9.17) is 0 Å². The molecule has 2 heterocycles. The number of aryl methyl sites for hydroxylation is 4. The summed E-state index contributed by atoms with van der Waals surface area (Å²) in [5.74, 6) is 2.36. The van der Waals surface area contributed by atoms with Crippen LogP contribution < -0.4 is 57.1 Å². The number of hydrogen-bond acceptors (Lipinski definition) is 0. The average Bonchev–Trinajstić information content (AvgIpc) is 2.67. The zero-order valence-electron chi connectivity index (χ0n) is 9.96. The molecule has 0 aliphatic carbocycles. The van der Waals surface area contributed by atoms with Gasteiger partial charge in [0, 0.05) is 13.8 Å². The molecule has 6 heteroatoms. The Morgan fingerprint density at radius 2 is 1.12 bits per heavy atom. The topological polar surface area (TPSA) is 39.3 Å². The Kier molecular flexibility index (Phi) is 10.2. The number of nitrogens with one attached hydrogen (secondary N) is 2. The highest BCUT2D eigenvalue weighted by Gasteiger charge is 1.93. The van der Waals surface area contributed by atoms with E-state index in [0.29, 0.717) is 0 Å². The van der Waals surface area contributed by atoms with Gasteiger partial charge in [-0.3, -0.25) is 0 Å². The third-order valence-corrected chi connectivity index (χ3v) is 2.24. The molecule has 16 heavy (non-hydrogen) atoms. The average molecular weight is 448 g/mol. The summed E-state index contributed by atoms with van der Waals surface area (Å²) in [5, 5.41) is 0. The largest absolute Gasteiger partial charge is 1.00 e. The summed E-state index contributed by atoms with van der Waals surface area (Å²) in [5.41, 5.74) is 0. The van der Waals surface area contributed by atoms with Gasteiger partial charge in [0.05, 0.1) is 14.1 Å². The molecule has 0 aliphatic rings. The number of H-pyrrole nitrogens is 2. The SMILES string of the molecule is Cc1[nH]cc[n+]1C.Cc1[nH]cc[n+]1C.[I-].[I-]. The fourth-order valence-electron chi connectivity index (χ4n) is 0.967. The molecule has 0 saturated heterocycles. The lowest BCUT2D eigenvalue weighted by molar-refractivity contribution is -0.676. The van der Waals surface area contributed by atoms with E-state index < -0.39 is 0 Å². The minimum atomic E-state index is 0. The molecule has 0 aliphatic heterocycles. The lowest BCUT2D eigenvalue weighted by atomic mass is 10.7. The Morgan fingerprint density at radius 1 is 0.812 bits per heavy atom. The Bertz CT molecular complexity index is 324. The van der Waals surface area contributed by atoms with Gasteiger partial charge >= 0.3 is 0 Å². The first kappa shape index (κ1) is 18.3. The van der Waals surface area contributed by atoms with Crippen LogP contribution in [0.2, 0.25) is 0 Å². The van der Waals surface area contributed by atoms with E-state index >= 15 is 0 Å². The Labute approximate surface area is 131 Å². The van der Waals surface area contributed by atoms with Crippen molar-refractivity contribution < 1.29 is 57.1 Å². The van der Waals surface area contributed by atoms with Crippen LogP contribution in [0.1, 0.15) is 11.6 Å². The quantitative estimate of drug-likeness (QED) is 0.298. The molecule has 0 radical (unpaired) electrons. The molecular weight excluding hydrogens is 430 g/mol. The molecule has 0 aromatic carbocycles. The van der Waals surface area contributed by atoms with Crippen LogP contribution in [0.4, 0.5) is 0 Å². The maximum atomic E-state index is 3.03. The minimum absolute atomic E-state index is 0. The first-order valence-electron chi connectivity index (χ1n) is 4.60. The highest BCUT2D eigenvalue weighted by atomic mass is 127. The first-order valence-corrected chi connectivity index (χ1v) is 4.60. The van der Waals surface area contributed by atoms with E-state index in [-0.39, 0.29) is 48.0 Å². The van der Waals surface area contributed by atoms with Crippen molar-refractivity contribution >= 4 is 0 Å². The summed E-state index contributed by atoms with van der Waals surface area (Å²) >= 11 is 0. The second kappa shape index (κ2) is 8.97. The second-order valence-corrected chi connectivity index (χ2v) is 3.31. The number of hydrogen-bond donors (Lipinski definition) is 2. The van der Waals surface area contributed by atoms with Crippen LogP contribution in [0.3, 0.4) is 0 Å². The van der Waals surface area contributed by atoms with Crippen LogP contribution >= 0.6 is 0 Å². The lowest BCUT2D eigenvalue weighted by Crippen LogP contribution is -3.00. The van der Waals surface area contributed by atoms with Crippen LogP contribution in [0.25, 0.3) is 0 Å². The molecule has 92 valence electrons. The van der Waals surface area contributed by atoms with E-state index in [2.05, 4.69) is 9.97 Å². The summed E-state index contributed by atoms with van der Waals surface area (Å²) < 4.78 is 4.06. The van der Waals surface area contributed by atoms with Gasteiger partial charge in [-0.05, 0) is 0 Å².